The third-order valence-electron chi connectivity index (χ3n) is 3.24. The molecule has 0 unspecified atom stereocenters. The monoisotopic (exact) mass is 347 g/mol. The van der Waals surface area contributed by atoms with Crippen molar-refractivity contribution in [2.75, 3.05) is 7.05 Å². The molecule has 0 aliphatic rings. The number of nitrogens with zero attached hydrogens (tertiary/aromatic N) is 5. The molecule has 0 amide bonds. The summed E-state index contributed by atoms with van der Waals surface area (Å²) < 4.78 is 39.8. The average Bonchev–Trinajstić information content (AvgIpc) is 2.87. The van der Waals surface area contributed by atoms with Gasteiger partial charge >= 0.3 is 6.18 Å². The van der Waals surface area contributed by atoms with Crippen LogP contribution in [0.5, 0.6) is 0 Å². The molecule has 0 aliphatic carbocycles. The first-order chi connectivity index (χ1) is 10.8. The normalized spacial score (nSPS) is 12.1. The van der Waals surface area contributed by atoms with Gasteiger partial charge in [0.15, 0.2) is 0 Å². The molecule has 0 N–H and O–H groups in total. The van der Waals surface area contributed by atoms with Gasteiger partial charge in [0.2, 0.25) is 0 Å². The van der Waals surface area contributed by atoms with Crippen molar-refractivity contribution in [3.63, 3.8) is 0 Å². The summed E-state index contributed by atoms with van der Waals surface area (Å²) >= 11 is 5.92. The smallest absolute Gasteiger partial charge is 0.317 e. The summed E-state index contributed by atoms with van der Waals surface area (Å²) in [5.74, 6) is 0.789. The van der Waals surface area contributed by atoms with Gasteiger partial charge in [-0.05, 0) is 19.5 Å². The van der Waals surface area contributed by atoms with E-state index < -0.39 is 11.7 Å². The van der Waals surface area contributed by atoms with Crippen LogP contribution in [0, 0.1) is 0 Å². The van der Waals surface area contributed by atoms with Crippen molar-refractivity contribution in [1.82, 2.24) is 24.6 Å². The highest BCUT2D eigenvalue weighted by atomic mass is 35.5. The number of hydrogen-bond acceptors (Lipinski definition) is 4. The van der Waals surface area contributed by atoms with Crippen LogP contribution in [0.25, 0.3) is 0 Å². The van der Waals surface area contributed by atoms with Gasteiger partial charge in [-0.2, -0.15) is 13.2 Å². The predicted molar refractivity (Wildman–Crippen MR) is 79.7 cm³/mol. The van der Waals surface area contributed by atoms with E-state index in [1.54, 1.807) is 6.33 Å². The Morgan fingerprint density at radius 3 is 2.65 bits per heavy atom. The zero-order chi connectivity index (χ0) is 17.0. The lowest BCUT2D eigenvalue weighted by Crippen LogP contribution is -2.21. The first kappa shape index (κ1) is 17.7. The van der Waals surface area contributed by atoms with E-state index in [2.05, 4.69) is 22.1 Å². The number of halogens is 4. The van der Waals surface area contributed by atoms with Crippen molar-refractivity contribution in [1.29, 1.82) is 0 Å². The van der Waals surface area contributed by atoms with Crippen LogP contribution < -0.4 is 0 Å². The number of pyridine rings is 1. The molecule has 2 aromatic rings. The van der Waals surface area contributed by atoms with Crippen molar-refractivity contribution in [2.24, 2.45) is 0 Å². The van der Waals surface area contributed by atoms with Gasteiger partial charge in [0.05, 0.1) is 22.8 Å². The first-order valence-electron chi connectivity index (χ1n) is 7.08. The lowest BCUT2D eigenvalue weighted by atomic mass is 10.2. The van der Waals surface area contributed by atoms with E-state index in [1.165, 1.54) is 0 Å². The molecule has 0 aliphatic heterocycles. The minimum atomic E-state index is -4.45. The summed E-state index contributed by atoms with van der Waals surface area (Å²) in [5.41, 5.74) is -0.458. The third-order valence-corrected chi connectivity index (χ3v) is 3.56. The molecular formula is C14H17ClF3N5. The standard InChI is InChI=1S/C14H17ClF3N5/c1-3-4-23-9-20-21-13(23)8-22(2)7-12-11(15)5-10(6-19-12)14(16,17)18/h5-6,9H,3-4,7-8H2,1-2H3. The van der Waals surface area contributed by atoms with Gasteiger partial charge in [-0.3, -0.25) is 9.88 Å². The summed E-state index contributed by atoms with van der Waals surface area (Å²) in [6, 6.07) is 0.900. The van der Waals surface area contributed by atoms with Gasteiger partial charge in [0.25, 0.3) is 0 Å². The first-order valence-corrected chi connectivity index (χ1v) is 7.46. The third kappa shape index (κ3) is 4.65. The van der Waals surface area contributed by atoms with Crippen LogP contribution in [0.2, 0.25) is 5.02 Å². The second kappa shape index (κ2) is 7.27. The molecule has 0 atom stereocenters. The Hall–Kier alpha value is -1.67. The maximum atomic E-state index is 12.6. The lowest BCUT2D eigenvalue weighted by Gasteiger charge is -2.17. The van der Waals surface area contributed by atoms with E-state index in [4.69, 9.17) is 11.6 Å². The van der Waals surface area contributed by atoms with E-state index in [0.29, 0.717) is 18.8 Å². The molecule has 2 rings (SSSR count). The highest BCUT2D eigenvalue weighted by Gasteiger charge is 2.31. The van der Waals surface area contributed by atoms with Gasteiger partial charge in [0, 0.05) is 19.3 Å². The summed E-state index contributed by atoms with van der Waals surface area (Å²) in [7, 11) is 1.82. The number of aryl methyl sites for hydroxylation is 1. The van der Waals surface area contributed by atoms with Gasteiger partial charge in [-0.15, -0.1) is 10.2 Å². The van der Waals surface area contributed by atoms with Crippen molar-refractivity contribution in [3.8, 4) is 0 Å². The fraction of sp³-hybridized carbons (Fsp3) is 0.500. The molecule has 0 bridgehead atoms. The highest BCUT2D eigenvalue weighted by Crippen LogP contribution is 2.31. The molecule has 2 heterocycles. The topological polar surface area (TPSA) is 46.8 Å². The Morgan fingerprint density at radius 2 is 2.04 bits per heavy atom. The molecule has 23 heavy (non-hydrogen) atoms. The zero-order valence-corrected chi connectivity index (χ0v) is 13.6. The lowest BCUT2D eigenvalue weighted by molar-refractivity contribution is -0.137. The van der Waals surface area contributed by atoms with Crippen LogP contribution in [0.15, 0.2) is 18.6 Å². The van der Waals surface area contributed by atoms with Crippen molar-refractivity contribution in [3.05, 3.63) is 40.7 Å². The van der Waals surface area contributed by atoms with Gasteiger partial charge in [-0.1, -0.05) is 18.5 Å². The molecule has 0 saturated heterocycles. The Labute approximate surface area is 137 Å². The molecule has 9 heteroatoms. The second-order valence-corrected chi connectivity index (χ2v) is 5.67. The van der Waals surface area contributed by atoms with E-state index in [-0.39, 0.29) is 5.02 Å². The van der Waals surface area contributed by atoms with Crippen LogP contribution in [-0.2, 0) is 25.8 Å². The van der Waals surface area contributed by atoms with Crippen molar-refractivity contribution < 1.29 is 13.2 Å². The molecule has 126 valence electrons. The summed E-state index contributed by atoms with van der Waals surface area (Å²) in [4.78, 5) is 5.71. The Balaban J connectivity index is 2.05. The van der Waals surface area contributed by atoms with Gasteiger partial charge in [0.1, 0.15) is 12.2 Å². The summed E-state index contributed by atoms with van der Waals surface area (Å²) in [6.07, 6.45) is -1.02. The number of hydrogen-bond donors (Lipinski definition) is 0. The minimum Gasteiger partial charge on any atom is -0.317 e. The molecule has 0 spiro atoms. The second-order valence-electron chi connectivity index (χ2n) is 5.26. The van der Waals surface area contributed by atoms with Crippen LogP contribution in [-0.4, -0.2) is 31.7 Å². The zero-order valence-electron chi connectivity index (χ0n) is 12.8. The van der Waals surface area contributed by atoms with Gasteiger partial charge in [-0.25, -0.2) is 0 Å². The van der Waals surface area contributed by atoms with Crippen LogP contribution in [0.3, 0.4) is 0 Å². The Kier molecular flexibility index (Phi) is 5.59. The quantitative estimate of drug-likeness (QED) is 0.803. The number of aromatic nitrogens is 4. The molecule has 0 aromatic carbocycles. The van der Waals surface area contributed by atoms with Gasteiger partial charge < -0.3 is 4.57 Å². The van der Waals surface area contributed by atoms with Crippen molar-refractivity contribution in [2.45, 2.75) is 39.2 Å². The Morgan fingerprint density at radius 1 is 1.30 bits per heavy atom. The predicted octanol–water partition coefficient (Wildman–Crippen LogP) is 3.39. The molecule has 0 saturated carbocycles. The SMILES string of the molecule is CCCn1cnnc1CN(C)Cc1ncc(C(F)(F)F)cc1Cl. The Bertz CT molecular complexity index is 656. The van der Waals surface area contributed by atoms with Crippen molar-refractivity contribution >= 4 is 11.6 Å². The molecule has 0 radical (unpaired) electrons. The van der Waals surface area contributed by atoms with Crippen LogP contribution in [0.1, 0.15) is 30.4 Å². The maximum absolute atomic E-state index is 12.6. The van der Waals surface area contributed by atoms with E-state index in [0.717, 1.165) is 31.1 Å². The largest absolute Gasteiger partial charge is 0.417 e. The minimum absolute atomic E-state index is 0.00157. The maximum Gasteiger partial charge on any atom is 0.417 e. The highest BCUT2D eigenvalue weighted by molar-refractivity contribution is 6.31. The fourth-order valence-electron chi connectivity index (χ4n) is 2.12. The molecule has 2 aromatic heterocycles. The molecule has 5 nitrogen and oxygen atoms in total. The number of rotatable bonds is 6. The van der Waals surface area contributed by atoms with E-state index in [1.807, 2.05) is 16.5 Å². The molecular weight excluding hydrogens is 331 g/mol. The average molecular weight is 348 g/mol. The fourth-order valence-corrected chi connectivity index (χ4v) is 2.35. The summed E-state index contributed by atoms with van der Waals surface area (Å²) in [6.45, 7) is 3.68. The van der Waals surface area contributed by atoms with E-state index in [9.17, 15) is 13.2 Å². The van der Waals surface area contributed by atoms with E-state index >= 15 is 0 Å². The van der Waals surface area contributed by atoms with Crippen LogP contribution in [0.4, 0.5) is 13.2 Å². The molecule has 0 fully saturated rings. The summed E-state index contributed by atoms with van der Waals surface area (Å²) in [5, 5.41) is 7.93. The number of alkyl halides is 3. The van der Waals surface area contributed by atoms with Crippen LogP contribution >= 0.6 is 11.6 Å².